The van der Waals surface area contributed by atoms with Crippen molar-refractivity contribution in [3.63, 3.8) is 0 Å². The molecule has 0 atom stereocenters. The van der Waals surface area contributed by atoms with E-state index in [1.807, 2.05) is 47.9 Å². The quantitative estimate of drug-likeness (QED) is 0.723. The second-order valence-corrected chi connectivity index (χ2v) is 4.93. The Kier molecular flexibility index (Phi) is 3.25. The molecule has 0 aliphatic heterocycles. The summed E-state index contributed by atoms with van der Waals surface area (Å²) in [7, 11) is 1.61. The maximum absolute atomic E-state index is 5.30. The largest absolute Gasteiger partial charge is 0.479 e. The van der Waals surface area contributed by atoms with Crippen molar-refractivity contribution in [2.75, 3.05) is 7.11 Å². The molecular weight excluding hydrogens is 256 g/mol. The monoisotopic (exact) mass is 268 g/mol. The number of methoxy groups -OCH3 is 1. The molecule has 0 saturated heterocycles. The molecule has 19 heavy (non-hydrogen) atoms. The molecule has 0 N–H and O–H groups in total. The minimum atomic E-state index is 0.548. The van der Waals surface area contributed by atoms with Crippen LogP contribution in [0, 0.1) is 0 Å². The van der Waals surface area contributed by atoms with Crippen LogP contribution in [0.15, 0.2) is 41.8 Å². The molecule has 0 amide bonds. The SMILES string of the molecule is COc1nc2ccccc2nc1/C=C\c1cccs1. The zero-order valence-corrected chi connectivity index (χ0v) is 11.2. The summed E-state index contributed by atoms with van der Waals surface area (Å²) in [5.41, 5.74) is 2.45. The van der Waals surface area contributed by atoms with Crippen molar-refractivity contribution in [1.29, 1.82) is 0 Å². The van der Waals surface area contributed by atoms with Gasteiger partial charge in [0.2, 0.25) is 5.88 Å². The molecule has 94 valence electrons. The van der Waals surface area contributed by atoms with E-state index in [0.29, 0.717) is 5.88 Å². The highest BCUT2D eigenvalue weighted by molar-refractivity contribution is 7.10. The van der Waals surface area contributed by atoms with Gasteiger partial charge in [0.05, 0.1) is 18.1 Å². The third-order valence-corrected chi connectivity index (χ3v) is 3.54. The van der Waals surface area contributed by atoms with Gasteiger partial charge >= 0.3 is 0 Å². The molecule has 0 aliphatic rings. The number of hydrogen-bond acceptors (Lipinski definition) is 4. The Bertz CT molecular complexity index is 720. The van der Waals surface area contributed by atoms with Crippen LogP contribution in [0.5, 0.6) is 5.88 Å². The molecule has 0 radical (unpaired) electrons. The molecule has 4 heteroatoms. The highest BCUT2D eigenvalue weighted by Gasteiger charge is 2.06. The summed E-state index contributed by atoms with van der Waals surface area (Å²) >= 11 is 1.68. The number of para-hydroxylation sites is 2. The number of thiophene rings is 1. The first-order valence-corrected chi connectivity index (χ1v) is 6.77. The van der Waals surface area contributed by atoms with Crippen molar-refractivity contribution < 1.29 is 4.74 Å². The van der Waals surface area contributed by atoms with E-state index in [4.69, 9.17) is 4.74 Å². The summed E-state index contributed by atoms with van der Waals surface area (Å²) in [6.45, 7) is 0. The van der Waals surface area contributed by atoms with E-state index in [1.165, 1.54) is 4.88 Å². The number of rotatable bonds is 3. The lowest BCUT2D eigenvalue weighted by Crippen LogP contribution is -1.95. The van der Waals surface area contributed by atoms with E-state index in [0.717, 1.165) is 16.7 Å². The highest BCUT2D eigenvalue weighted by Crippen LogP contribution is 2.21. The summed E-state index contributed by atoms with van der Waals surface area (Å²) in [6, 6.07) is 11.9. The Morgan fingerprint density at radius 1 is 1.00 bits per heavy atom. The lowest BCUT2D eigenvalue weighted by Gasteiger charge is -2.04. The molecule has 2 aromatic heterocycles. The van der Waals surface area contributed by atoms with Crippen LogP contribution in [0.4, 0.5) is 0 Å². The molecule has 0 saturated carbocycles. The van der Waals surface area contributed by atoms with Crippen LogP contribution in [0.1, 0.15) is 10.6 Å². The van der Waals surface area contributed by atoms with Crippen LogP contribution in [0.25, 0.3) is 23.2 Å². The van der Waals surface area contributed by atoms with Gasteiger partial charge in [0, 0.05) is 4.88 Å². The van der Waals surface area contributed by atoms with Gasteiger partial charge in [0.1, 0.15) is 5.69 Å². The fraction of sp³-hybridized carbons (Fsp3) is 0.0667. The molecule has 3 aromatic rings. The van der Waals surface area contributed by atoms with Crippen LogP contribution >= 0.6 is 11.3 Å². The number of ether oxygens (including phenoxy) is 1. The number of nitrogens with zero attached hydrogens (tertiary/aromatic N) is 2. The highest BCUT2D eigenvalue weighted by atomic mass is 32.1. The first-order chi connectivity index (χ1) is 9.36. The maximum Gasteiger partial charge on any atom is 0.240 e. The molecule has 3 nitrogen and oxygen atoms in total. The molecule has 0 fully saturated rings. The third-order valence-electron chi connectivity index (χ3n) is 2.71. The average Bonchev–Trinajstić information content (AvgIpc) is 2.97. The molecule has 0 bridgehead atoms. The van der Waals surface area contributed by atoms with Crippen molar-refractivity contribution in [3.8, 4) is 5.88 Å². The Balaban J connectivity index is 2.06. The predicted molar refractivity (Wildman–Crippen MR) is 79.3 cm³/mol. The van der Waals surface area contributed by atoms with Crippen LogP contribution in [0.2, 0.25) is 0 Å². The van der Waals surface area contributed by atoms with Crippen LogP contribution in [-0.2, 0) is 0 Å². The molecule has 0 spiro atoms. The van der Waals surface area contributed by atoms with E-state index in [2.05, 4.69) is 16.0 Å². The second kappa shape index (κ2) is 5.20. The van der Waals surface area contributed by atoms with Crippen molar-refractivity contribution in [1.82, 2.24) is 9.97 Å². The van der Waals surface area contributed by atoms with E-state index in [-0.39, 0.29) is 0 Å². The maximum atomic E-state index is 5.30. The minimum absolute atomic E-state index is 0.548. The fourth-order valence-electron chi connectivity index (χ4n) is 1.80. The van der Waals surface area contributed by atoms with Gasteiger partial charge in [-0.15, -0.1) is 11.3 Å². The van der Waals surface area contributed by atoms with E-state index >= 15 is 0 Å². The first-order valence-electron chi connectivity index (χ1n) is 5.89. The normalized spacial score (nSPS) is 11.2. The van der Waals surface area contributed by atoms with Crippen molar-refractivity contribution >= 4 is 34.5 Å². The lowest BCUT2D eigenvalue weighted by molar-refractivity contribution is 0.396. The molecule has 0 unspecified atom stereocenters. The fourth-order valence-corrected chi connectivity index (χ4v) is 2.42. The Hall–Kier alpha value is -2.20. The average molecular weight is 268 g/mol. The van der Waals surface area contributed by atoms with Crippen LogP contribution in [0.3, 0.4) is 0 Å². The molecule has 0 aliphatic carbocycles. The molecule has 2 heterocycles. The number of benzene rings is 1. The predicted octanol–water partition coefficient (Wildman–Crippen LogP) is 3.87. The summed E-state index contributed by atoms with van der Waals surface area (Å²) < 4.78 is 5.30. The van der Waals surface area contributed by atoms with Crippen molar-refractivity contribution in [2.45, 2.75) is 0 Å². The Morgan fingerprint density at radius 2 is 1.79 bits per heavy atom. The summed E-state index contributed by atoms with van der Waals surface area (Å²) in [5, 5.41) is 2.04. The minimum Gasteiger partial charge on any atom is -0.479 e. The standard InChI is InChI=1S/C15H12N2OS/c1-18-15-14(9-8-11-5-4-10-19-11)16-12-6-2-3-7-13(12)17-15/h2-10H,1H3/b9-8-. The van der Waals surface area contributed by atoms with Gasteiger partial charge < -0.3 is 4.74 Å². The van der Waals surface area contributed by atoms with E-state index < -0.39 is 0 Å². The topological polar surface area (TPSA) is 35.0 Å². The van der Waals surface area contributed by atoms with Crippen molar-refractivity contribution in [2.24, 2.45) is 0 Å². The summed E-state index contributed by atoms with van der Waals surface area (Å²) in [6.07, 6.45) is 3.95. The summed E-state index contributed by atoms with van der Waals surface area (Å²) in [4.78, 5) is 10.2. The molecular formula is C15H12N2OS. The van der Waals surface area contributed by atoms with Crippen LogP contribution < -0.4 is 4.74 Å². The Morgan fingerprint density at radius 3 is 2.47 bits per heavy atom. The van der Waals surface area contributed by atoms with Gasteiger partial charge in [-0.2, -0.15) is 0 Å². The number of fused-ring (bicyclic) bond motifs is 1. The second-order valence-electron chi connectivity index (χ2n) is 3.96. The number of aromatic nitrogens is 2. The van der Waals surface area contributed by atoms with Gasteiger partial charge in [-0.1, -0.05) is 18.2 Å². The Labute approximate surface area is 115 Å². The van der Waals surface area contributed by atoms with Gasteiger partial charge in [0.25, 0.3) is 0 Å². The van der Waals surface area contributed by atoms with Gasteiger partial charge in [0.15, 0.2) is 0 Å². The number of hydrogen-bond donors (Lipinski definition) is 0. The van der Waals surface area contributed by atoms with E-state index in [9.17, 15) is 0 Å². The lowest BCUT2D eigenvalue weighted by atomic mass is 10.2. The van der Waals surface area contributed by atoms with Gasteiger partial charge in [-0.25, -0.2) is 9.97 Å². The molecule has 1 aromatic carbocycles. The summed E-state index contributed by atoms with van der Waals surface area (Å²) in [5.74, 6) is 0.548. The van der Waals surface area contributed by atoms with Gasteiger partial charge in [-0.05, 0) is 35.7 Å². The zero-order chi connectivity index (χ0) is 13.1. The van der Waals surface area contributed by atoms with Crippen molar-refractivity contribution in [3.05, 3.63) is 52.3 Å². The smallest absolute Gasteiger partial charge is 0.240 e. The van der Waals surface area contributed by atoms with Gasteiger partial charge in [-0.3, -0.25) is 0 Å². The molecule has 3 rings (SSSR count). The van der Waals surface area contributed by atoms with E-state index in [1.54, 1.807) is 18.4 Å². The zero-order valence-electron chi connectivity index (χ0n) is 10.4. The first kappa shape index (κ1) is 11.9. The third kappa shape index (κ3) is 2.48. The van der Waals surface area contributed by atoms with Crippen LogP contribution in [-0.4, -0.2) is 17.1 Å².